The third-order valence-corrected chi connectivity index (χ3v) is 2.04. The van der Waals surface area contributed by atoms with E-state index in [1.807, 2.05) is 0 Å². The molecule has 1 aliphatic rings. The van der Waals surface area contributed by atoms with Gasteiger partial charge in [-0.15, -0.1) is 6.42 Å². The number of rotatable bonds is 2. The molecule has 0 aromatic carbocycles. The van der Waals surface area contributed by atoms with Gasteiger partial charge >= 0.3 is 0 Å². The molecule has 0 aliphatic heterocycles. The molecule has 0 spiro atoms. The molecule has 0 amide bonds. The molecule has 11 heavy (non-hydrogen) atoms. The number of terminal acetylenes is 1. The molecule has 1 fully saturated rings. The minimum Gasteiger partial charge on any atom is -0.361 e. The van der Waals surface area contributed by atoms with Gasteiger partial charge in [-0.3, -0.25) is 0 Å². The van der Waals surface area contributed by atoms with E-state index < -0.39 is 0 Å². The van der Waals surface area contributed by atoms with Gasteiger partial charge in [-0.05, 0) is 24.8 Å². The highest BCUT2D eigenvalue weighted by molar-refractivity contribution is 5.05. The molecule has 1 unspecified atom stereocenters. The summed E-state index contributed by atoms with van der Waals surface area (Å²) in [4.78, 5) is 0. The lowest BCUT2D eigenvalue weighted by molar-refractivity contribution is 0.0856. The summed E-state index contributed by atoms with van der Waals surface area (Å²) < 4.78 is 5.41. The van der Waals surface area contributed by atoms with Gasteiger partial charge in [0.15, 0.2) is 0 Å². The van der Waals surface area contributed by atoms with Gasteiger partial charge < -0.3 is 4.74 Å². The third-order valence-electron chi connectivity index (χ3n) is 2.04. The Hall–Kier alpha value is -0.740. The van der Waals surface area contributed by atoms with E-state index in [1.165, 1.54) is 18.4 Å². The van der Waals surface area contributed by atoms with Crippen molar-refractivity contribution in [3.63, 3.8) is 0 Å². The van der Waals surface area contributed by atoms with Crippen molar-refractivity contribution in [3.8, 4) is 12.3 Å². The third kappa shape index (κ3) is 2.40. The summed E-state index contributed by atoms with van der Waals surface area (Å²) in [5, 5.41) is 0. The second-order valence-corrected chi connectivity index (χ2v) is 2.91. The summed E-state index contributed by atoms with van der Waals surface area (Å²) in [6.45, 7) is 4.38. The summed E-state index contributed by atoms with van der Waals surface area (Å²) in [6, 6.07) is 0. The van der Waals surface area contributed by atoms with Crippen LogP contribution >= 0.6 is 0 Å². The molecule has 0 aromatic rings. The summed E-state index contributed by atoms with van der Waals surface area (Å²) in [6.07, 6.45) is 10.0. The van der Waals surface area contributed by atoms with Crippen LogP contribution in [-0.4, -0.2) is 12.7 Å². The zero-order valence-electron chi connectivity index (χ0n) is 6.81. The Morgan fingerprint density at radius 3 is 3.09 bits per heavy atom. The van der Waals surface area contributed by atoms with Crippen molar-refractivity contribution >= 4 is 0 Å². The zero-order valence-corrected chi connectivity index (χ0v) is 6.81. The molecule has 1 heteroatoms. The van der Waals surface area contributed by atoms with Crippen molar-refractivity contribution in [1.29, 1.82) is 0 Å². The molecular weight excluding hydrogens is 136 g/mol. The van der Waals surface area contributed by atoms with Crippen molar-refractivity contribution in [2.24, 2.45) is 0 Å². The minimum atomic E-state index is 0.236. The van der Waals surface area contributed by atoms with Crippen molar-refractivity contribution < 1.29 is 4.74 Å². The second-order valence-electron chi connectivity index (χ2n) is 2.91. The first-order valence-electron chi connectivity index (χ1n) is 4.07. The molecule has 0 bridgehead atoms. The van der Waals surface area contributed by atoms with Gasteiger partial charge in [0.25, 0.3) is 0 Å². The minimum absolute atomic E-state index is 0.236. The largest absolute Gasteiger partial charge is 0.361 e. The molecule has 0 N–H and O–H groups in total. The van der Waals surface area contributed by atoms with Crippen LogP contribution in [0.4, 0.5) is 0 Å². The summed E-state index contributed by atoms with van der Waals surface area (Å²) in [7, 11) is 0. The summed E-state index contributed by atoms with van der Waals surface area (Å²) in [5.41, 5.74) is 1.21. The fourth-order valence-electron chi connectivity index (χ4n) is 1.40. The molecule has 1 rings (SSSR count). The first-order valence-corrected chi connectivity index (χ1v) is 4.07. The molecule has 0 saturated heterocycles. The monoisotopic (exact) mass is 150 g/mol. The Labute approximate surface area is 68.4 Å². The average Bonchev–Trinajstić information content (AvgIpc) is 2.03. The van der Waals surface area contributed by atoms with Crippen molar-refractivity contribution in [3.05, 3.63) is 12.2 Å². The molecule has 0 radical (unpaired) electrons. The van der Waals surface area contributed by atoms with E-state index in [1.54, 1.807) is 0 Å². The Morgan fingerprint density at radius 1 is 1.64 bits per heavy atom. The molecule has 0 heterocycles. The van der Waals surface area contributed by atoms with Crippen LogP contribution in [0.2, 0.25) is 0 Å². The lowest BCUT2D eigenvalue weighted by atomic mass is 9.93. The van der Waals surface area contributed by atoms with E-state index in [9.17, 15) is 0 Å². The Kier molecular flexibility index (Phi) is 3.19. The summed E-state index contributed by atoms with van der Waals surface area (Å²) >= 11 is 0. The molecule has 0 aromatic heterocycles. The predicted octanol–water partition coefficient (Wildman–Crippen LogP) is 2.13. The van der Waals surface area contributed by atoms with Gasteiger partial charge in [0.05, 0.1) is 6.10 Å². The van der Waals surface area contributed by atoms with Crippen LogP contribution in [0.25, 0.3) is 0 Å². The fraction of sp³-hybridized carbons (Fsp3) is 0.600. The van der Waals surface area contributed by atoms with E-state index >= 15 is 0 Å². The zero-order chi connectivity index (χ0) is 8.10. The molecule has 1 aliphatic carbocycles. The maximum absolute atomic E-state index is 5.41. The van der Waals surface area contributed by atoms with Crippen LogP contribution in [-0.2, 0) is 4.74 Å². The molecule has 1 saturated carbocycles. The van der Waals surface area contributed by atoms with Crippen LogP contribution in [0, 0.1) is 12.3 Å². The highest BCUT2D eigenvalue weighted by atomic mass is 16.5. The predicted molar refractivity (Wildman–Crippen MR) is 46.2 cm³/mol. The SMILES string of the molecule is C#CCOC1CCCCC1=C. The lowest BCUT2D eigenvalue weighted by Gasteiger charge is -2.23. The van der Waals surface area contributed by atoms with Crippen LogP contribution in [0.1, 0.15) is 25.7 Å². The maximum Gasteiger partial charge on any atom is 0.108 e. The van der Waals surface area contributed by atoms with Crippen molar-refractivity contribution in [2.75, 3.05) is 6.61 Å². The highest BCUT2D eigenvalue weighted by Crippen LogP contribution is 2.24. The highest BCUT2D eigenvalue weighted by Gasteiger charge is 2.16. The van der Waals surface area contributed by atoms with Gasteiger partial charge in [0.2, 0.25) is 0 Å². The van der Waals surface area contributed by atoms with Crippen molar-refractivity contribution in [1.82, 2.24) is 0 Å². The van der Waals surface area contributed by atoms with E-state index in [0.29, 0.717) is 6.61 Å². The van der Waals surface area contributed by atoms with Crippen LogP contribution < -0.4 is 0 Å². The molecule has 60 valence electrons. The average molecular weight is 150 g/mol. The normalized spacial score (nSPS) is 24.6. The van der Waals surface area contributed by atoms with Crippen LogP contribution in [0.3, 0.4) is 0 Å². The van der Waals surface area contributed by atoms with Crippen molar-refractivity contribution in [2.45, 2.75) is 31.8 Å². The number of hydrogen-bond acceptors (Lipinski definition) is 1. The number of ether oxygens (including phenoxy) is 1. The van der Waals surface area contributed by atoms with Crippen LogP contribution in [0.15, 0.2) is 12.2 Å². The maximum atomic E-state index is 5.41. The standard InChI is InChI=1S/C10H14O/c1-3-8-11-10-7-5-4-6-9(10)2/h1,10H,2,4-8H2. The van der Waals surface area contributed by atoms with E-state index in [2.05, 4.69) is 12.5 Å². The topological polar surface area (TPSA) is 9.23 Å². The van der Waals surface area contributed by atoms with Gasteiger partial charge in [-0.1, -0.05) is 18.9 Å². The fourth-order valence-corrected chi connectivity index (χ4v) is 1.40. The lowest BCUT2D eigenvalue weighted by Crippen LogP contribution is -2.19. The van der Waals surface area contributed by atoms with Gasteiger partial charge in [-0.25, -0.2) is 0 Å². The van der Waals surface area contributed by atoms with E-state index in [-0.39, 0.29) is 6.10 Å². The number of hydrogen-bond donors (Lipinski definition) is 0. The summed E-state index contributed by atoms with van der Waals surface area (Å²) in [5.74, 6) is 2.47. The Bertz CT molecular complexity index is 176. The second kappa shape index (κ2) is 4.20. The Morgan fingerprint density at radius 2 is 2.45 bits per heavy atom. The first-order chi connectivity index (χ1) is 5.34. The van der Waals surface area contributed by atoms with Gasteiger partial charge in [0.1, 0.15) is 6.61 Å². The van der Waals surface area contributed by atoms with E-state index in [0.717, 1.165) is 12.8 Å². The molecule has 1 atom stereocenters. The van der Waals surface area contributed by atoms with Gasteiger partial charge in [-0.2, -0.15) is 0 Å². The smallest absolute Gasteiger partial charge is 0.108 e. The Balaban J connectivity index is 2.31. The first kappa shape index (κ1) is 8.36. The van der Waals surface area contributed by atoms with Crippen LogP contribution in [0.5, 0.6) is 0 Å². The molecular formula is C10H14O. The molecule has 1 nitrogen and oxygen atoms in total. The quantitative estimate of drug-likeness (QED) is 0.433. The van der Waals surface area contributed by atoms with E-state index in [4.69, 9.17) is 11.2 Å². The van der Waals surface area contributed by atoms with Gasteiger partial charge in [0, 0.05) is 0 Å².